The highest BCUT2D eigenvalue weighted by Crippen LogP contribution is 2.35. The summed E-state index contributed by atoms with van der Waals surface area (Å²) in [7, 11) is 0. The fourth-order valence-electron chi connectivity index (χ4n) is 3.62. The summed E-state index contributed by atoms with van der Waals surface area (Å²) in [5, 5.41) is 6.84. The van der Waals surface area contributed by atoms with E-state index in [-0.39, 0.29) is 6.10 Å². The maximum atomic E-state index is 6.09. The van der Waals surface area contributed by atoms with Gasteiger partial charge in [0.2, 0.25) is 0 Å². The minimum atomic E-state index is 0.185. The lowest BCUT2D eigenvalue weighted by atomic mass is 9.87. The molecule has 1 aliphatic rings. The Bertz CT molecular complexity index is 797. The molecule has 2 unspecified atom stereocenters. The maximum Gasteiger partial charge on any atom is 0.155 e. The highest BCUT2D eigenvalue weighted by Gasteiger charge is 2.25. The number of nitrogens with zero attached hydrogens (tertiary/aromatic N) is 4. The molecular weight excluding hydrogens is 314 g/mol. The van der Waals surface area contributed by atoms with Gasteiger partial charge in [0.05, 0.1) is 12.4 Å². The summed E-state index contributed by atoms with van der Waals surface area (Å²) in [4.78, 5) is 8.34. The lowest BCUT2D eigenvalue weighted by molar-refractivity contribution is -0.0131. The average Bonchev–Trinajstić information content (AvgIpc) is 3.34. The minimum absolute atomic E-state index is 0.185. The van der Waals surface area contributed by atoms with Crippen LogP contribution in [0.5, 0.6) is 0 Å². The maximum absolute atomic E-state index is 6.09. The van der Waals surface area contributed by atoms with Crippen molar-refractivity contribution in [2.24, 2.45) is 5.92 Å². The Labute approximate surface area is 147 Å². The normalized spacial score (nSPS) is 20.7. The number of aromatic nitrogens is 5. The highest BCUT2D eigenvalue weighted by molar-refractivity contribution is 5.57. The quantitative estimate of drug-likeness (QED) is 0.773. The van der Waals surface area contributed by atoms with Gasteiger partial charge < -0.3 is 9.30 Å². The molecule has 25 heavy (non-hydrogen) atoms. The van der Waals surface area contributed by atoms with E-state index >= 15 is 0 Å². The predicted octanol–water partition coefficient (Wildman–Crippen LogP) is 3.53. The summed E-state index contributed by atoms with van der Waals surface area (Å²) in [6.45, 7) is 4.01. The first-order chi connectivity index (χ1) is 12.3. The number of aryl methyl sites for hydroxylation is 2. The van der Waals surface area contributed by atoms with Crippen LogP contribution in [0.1, 0.15) is 36.5 Å². The third kappa shape index (κ3) is 3.64. The van der Waals surface area contributed by atoms with Gasteiger partial charge in [-0.25, -0.2) is 9.97 Å². The van der Waals surface area contributed by atoms with Gasteiger partial charge in [-0.3, -0.25) is 5.10 Å². The van der Waals surface area contributed by atoms with Crippen LogP contribution >= 0.6 is 0 Å². The number of hydrogen-bond donors (Lipinski definition) is 1. The van der Waals surface area contributed by atoms with Crippen molar-refractivity contribution in [3.8, 4) is 11.4 Å². The van der Waals surface area contributed by atoms with Crippen molar-refractivity contribution in [3.63, 3.8) is 0 Å². The largest absolute Gasteiger partial charge is 0.373 e. The van der Waals surface area contributed by atoms with Crippen LogP contribution in [0.3, 0.4) is 0 Å². The summed E-state index contributed by atoms with van der Waals surface area (Å²) >= 11 is 0. The summed E-state index contributed by atoms with van der Waals surface area (Å²) in [6.07, 6.45) is 10.9. The molecule has 2 aromatic heterocycles. The second-order valence-electron chi connectivity index (χ2n) is 6.74. The Morgan fingerprint density at radius 1 is 1.36 bits per heavy atom. The summed E-state index contributed by atoms with van der Waals surface area (Å²) in [5.74, 6) is 1.49. The van der Waals surface area contributed by atoms with Crippen molar-refractivity contribution < 1.29 is 4.74 Å². The van der Waals surface area contributed by atoms with E-state index in [1.54, 1.807) is 0 Å². The standard InChI is InChI=1S/C19H23N5O/c1-14-10-16(19-21-12-22-23-19)2-3-17(14)18-11-15(5-9-25-18)4-7-24-8-6-20-13-24/h2-3,6,8,10,12-13,15,18H,4-5,7,9,11H2,1H3,(H,21,22,23). The van der Waals surface area contributed by atoms with Crippen molar-refractivity contribution >= 4 is 0 Å². The SMILES string of the molecule is Cc1cc(-c2ncn[nH]2)ccc1C1CC(CCn2ccnc2)CCO1. The lowest BCUT2D eigenvalue weighted by Crippen LogP contribution is -2.21. The fraction of sp³-hybridized carbons (Fsp3) is 0.421. The average molecular weight is 337 g/mol. The molecule has 0 saturated carbocycles. The highest BCUT2D eigenvalue weighted by atomic mass is 16.5. The zero-order chi connectivity index (χ0) is 17.1. The Hall–Kier alpha value is -2.47. The molecule has 3 heterocycles. The molecule has 3 aromatic rings. The Balaban J connectivity index is 1.44. The van der Waals surface area contributed by atoms with Gasteiger partial charge in [0, 0.05) is 31.1 Å². The smallest absolute Gasteiger partial charge is 0.155 e. The number of aromatic amines is 1. The van der Waals surface area contributed by atoms with Crippen molar-refractivity contribution in [2.45, 2.75) is 38.8 Å². The fourth-order valence-corrected chi connectivity index (χ4v) is 3.62. The second kappa shape index (κ2) is 7.19. The molecule has 6 nitrogen and oxygen atoms in total. The van der Waals surface area contributed by atoms with Gasteiger partial charge in [0.1, 0.15) is 6.33 Å². The number of nitrogens with one attached hydrogen (secondary N) is 1. The van der Waals surface area contributed by atoms with Crippen LogP contribution in [0.2, 0.25) is 0 Å². The Kier molecular flexibility index (Phi) is 4.61. The number of imidazole rings is 1. The van der Waals surface area contributed by atoms with Crippen LogP contribution in [0.15, 0.2) is 43.2 Å². The first kappa shape index (κ1) is 16.0. The number of benzene rings is 1. The van der Waals surface area contributed by atoms with Crippen LogP contribution in [-0.2, 0) is 11.3 Å². The van der Waals surface area contributed by atoms with Crippen molar-refractivity contribution in [1.29, 1.82) is 0 Å². The monoisotopic (exact) mass is 337 g/mol. The molecule has 130 valence electrons. The molecular formula is C19H23N5O. The topological polar surface area (TPSA) is 68.6 Å². The number of H-pyrrole nitrogens is 1. The first-order valence-corrected chi connectivity index (χ1v) is 8.83. The van der Waals surface area contributed by atoms with Crippen molar-refractivity contribution in [2.75, 3.05) is 6.61 Å². The van der Waals surface area contributed by atoms with Gasteiger partial charge in [-0.1, -0.05) is 12.1 Å². The van der Waals surface area contributed by atoms with E-state index in [2.05, 4.69) is 49.9 Å². The summed E-state index contributed by atoms with van der Waals surface area (Å²) < 4.78 is 8.24. The second-order valence-corrected chi connectivity index (χ2v) is 6.74. The molecule has 1 aliphatic heterocycles. The molecule has 0 amide bonds. The molecule has 1 N–H and O–H groups in total. The molecule has 1 saturated heterocycles. The van der Waals surface area contributed by atoms with Crippen molar-refractivity contribution in [3.05, 3.63) is 54.4 Å². The lowest BCUT2D eigenvalue weighted by Gasteiger charge is -2.31. The van der Waals surface area contributed by atoms with E-state index in [1.165, 1.54) is 23.9 Å². The predicted molar refractivity (Wildman–Crippen MR) is 94.8 cm³/mol. The Morgan fingerprint density at radius 3 is 3.08 bits per heavy atom. The van der Waals surface area contributed by atoms with Crippen LogP contribution in [0.4, 0.5) is 0 Å². The van der Waals surface area contributed by atoms with Crippen LogP contribution in [0.25, 0.3) is 11.4 Å². The van der Waals surface area contributed by atoms with E-state index in [0.717, 1.165) is 37.4 Å². The number of ether oxygens (including phenoxy) is 1. The molecule has 1 fully saturated rings. The van der Waals surface area contributed by atoms with Crippen LogP contribution in [-0.4, -0.2) is 31.3 Å². The van der Waals surface area contributed by atoms with Crippen molar-refractivity contribution in [1.82, 2.24) is 24.7 Å². The molecule has 2 atom stereocenters. The van der Waals surface area contributed by atoms with E-state index in [1.807, 2.05) is 18.7 Å². The molecule has 0 radical (unpaired) electrons. The van der Waals surface area contributed by atoms with E-state index in [4.69, 9.17) is 4.74 Å². The van der Waals surface area contributed by atoms with E-state index in [0.29, 0.717) is 5.92 Å². The van der Waals surface area contributed by atoms with Gasteiger partial charge in [-0.2, -0.15) is 5.10 Å². The van der Waals surface area contributed by atoms with Crippen LogP contribution in [0, 0.1) is 12.8 Å². The Morgan fingerprint density at radius 2 is 2.32 bits per heavy atom. The summed E-state index contributed by atoms with van der Waals surface area (Å²) in [6, 6.07) is 6.44. The minimum Gasteiger partial charge on any atom is -0.373 e. The number of hydrogen-bond acceptors (Lipinski definition) is 4. The number of rotatable bonds is 5. The summed E-state index contributed by atoms with van der Waals surface area (Å²) in [5.41, 5.74) is 3.59. The van der Waals surface area contributed by atoms with E-state index in [9.17, 15) is 0 Å². The van der Waals surface area contributed by atoms with Gasteiger partial charge >= 0.3 is 0 Å². The van der Waals surface area contributed by atoms with Gasteiger partial charge in [0.25, 0.3) is 0 Å². The first-order valence-electron chi connectivity index (χ1n) is 8.83. The molecule has 0 aliphatic carbocycles. The third-order valence-electron chi connectivity index (χ3n) is 5.05. The third-order valence-corrected chi connectivity index (χ3v) is 5.05. The molecule has 1 aromatic carbocycles. The van der Waals surface area contributed by atoms with E-state index < -0.39 is 0 Å². The van der Waals surface area contributed by atoms with Gasteiger partial charge in [-0.05, 0) is 49.3 Å². The molecule has 0 spiro atoms. The molecule has 0 bridgehead atoms. The van der Waals surface area contributed by atoms with Gasteiger partial charge in [0.15, 0.2) is 5.82 Å². The molecule has 4 rings (SSSR count). The zero-order valence-electron chi connectivity index (χ0n) is 14.4. The van der Waals surface area contributed by atoms with Gasteiger partial charge in [-0.15, -0.1) is 0 Å². The van der Waals surface area contributed by atoms with Crippen LogP contribution < -0.4 is 0 Å². The molecule has 6 heteroatoms. The zero-order valence-corrected chi connectivity index (χ0v) is 14.4.